The number of thiol groups is 2. The summed E-state index contributed by atoms with van der Waals surface area (Å²) in [6.45, 7) is 7.16. The van der Waals surface area contributed by atoms with Gasteiger partial charge in [-0.05, 0) is 93.6 Å². The monoisotopic (exact) mass is 969 g/mol. The van der Waals surface area contributed by atoms with E-state index >= 15 is 0 Å². The van der Waals surface area contributed by atoms with Crippen molar-refractivity contribution in [1.82, 2.24) is 10.3 Å². The number of nitrogens with one attached hydrogen (secondary N) is 1. The Kier molecular flexibility index (Phi) is 46.7. The largest absolute Gasteiger partial charge is 0.525 e. The second-order valence-electron chi connectivity index (χ2n) is 16.6. The van der Waals surface area contributed by atoms with Crippen molar-refractivity contribution in [3.8, 4) is 0 Å². The Hall–Kier alpha value is -1.58. The predicted octanol–water partition coefficient (Wildman–Crippen LogP) is 14.4. The fourth-order valence-corrected chi connectivity index (χ4v) is 8.98. The second kappa shape index (κ2) is 47.9. The molecule has 0 aromatic carbocycles. The Morgan fingerprint density at radius 2 is 1.19 bits per heavy atom. The highest BCUT2D eigenvalue weighted by molar-refractivity contribution is 8.76. The molecule has 0 unspecified atom stereocenters. The van der Waals surface area contributed by atoms with Gasteiger partial charge in [-0.3, -0.25) is 14.4 Å². The van der Waals surface area contributed by atoms with Crippen molar-refractivity contribution in [3.05, 3.63) is 48.7 Å². The summed E-state index contributed by atoms with van der Waals surface area (Å²) in [5.74, 6) is -0.208. The van der Waals surface area contributed by atoms with Crippen LogP contribution in [0.4, 0.5) is 0 Å². The van der Waals surface area contributed by atoms with E-state index in [1.807, 2.05) is 25.1 Å². The first-order valence-electron chi connectivity index (χ1n) is 25.0. The molecule has 0 aliphatic carbocycles. The molecule has 0 fully saturated rings. The van der Waals surface area contributed by atoms with Crippen molar-refractivity contribution in [2.75, 3.05) is 25.5 Å². The quantitative estimate of drug-likeness (QED) is 0.00957. The smallest absolute Gasteiger partial charge is 0.460 e. The first-order valence-corrected chi connectivity index (χ1v) is 28.3. The van der Waals surface area contributed by atoms with E-state index in [1.165, 1.54) is 137 Å². The number of nitrogens with zero attached hydrogens (tertiary/aromatic N) is 1. The zero-order valence-corrected chi connectivity index (χ0v) is 43.7. The van der Waals surface area contributed by atoms with E-state index in [1.54, 1.807) is 6.20 Å². The Bertz CT molecular complexity index is 1280. The van der Waals surface area contributed by atoms with Gasteiger partial charge in [0.05, 0.1) is 5.75 Å². The molecular weight excluding hydrogens is 880 g/mol. The molecule has 64 heavy (non-hydrogen) atoms. The molecule has 368 valence electrons. The highest BCUT2D eigenvalue weighted by Crippen LogP contribution is 2.28. The van der Waals surface area contributed by atoms with Crippen LogP contribution in [0, 0.1) is 0 Å². The predicted molar refractivity (Wildman–Crippen MR) is 281 cm³/mol. The summed E-state index contributed by atoms with van der Waals surface area (Å²) in [7, 11) is 2.87. The third kappa shape index (κ3) is 45.6. The van der Waals surface area contributed by atoms with Crippen molar-refractivity contribution >= 4 is 70.9 Å². The van der Waals surface area contributed by atoms with E-state index in [0.29, 0.717) is 31.6 Å². The minimum atomic E-state index is -1.10. The third-order valence-corrected chi connectivity index (χ3v) is 13.1. The fraction of sp³-hybridized carbons (Fsp3) is 0.760. The summed E-state index contributed by atoms with van der Waals surface area (Å²) in [6.07, 6.45) is 44.1. The number of carbonyl (C=O) groups is 3. The number of pyridine rings is 1. The normalized spacial score (nSPS) is 12.2. The van der Waals surface area contributed by atoms with Crippen LogP contribution in [0.25, 0.3) is 0 Å². The zero-order valence-electron chi connectivity index (χ0n) is 40.3. The number of esters is 2. The molecule has 1 rings (SSSR count). The summed E-state index contributed by atoms with van der Waals surface area (Å²) >= 11 is 8.26. The summed E-state index contributed by atoms with van der Waals surface area (Å²) in [6, 6.07) is 5.63. The maximum Gasteiger partial charge on any atom is 0.525 e. The average molecular weight is 969 g/mol. The summed E-state index contributed by atoms with van der Waals surface area (Å²) in [4.78, 5) is 39.3. The minimum absolute atomic E-state index is 0.0198. The fourth-order valence-electron chi connectivity index (χ4n) is 6.70. The first-order chi connectivity index (χ1) is 31.2. The van der Waals surface area contributed by atoms with Crippen molar-refractivity contribution in [2.45, 2.75) is 223 Å². The molecule has 1 amide bonds. The molecule has 0 radical (unpaired) electrons. The van der Waals surface area contributed by atoms with Crippen molar-refractivity contribution in [1.29, 1.82) is 0 Å². The van der Waals surface area contributed by atoms with Gasteiger partial charge in [0, 0.05) is 32.2 Å². The van der Waals surface area contributed by atoms with E-state index < -0.39 is 11.3 Å². The number of ether oxygens (including phenoxy) is 2. The van der Waals surface area contributed by atoms with E-state index in [9.17, 15) is 14.4 Å². The molecule has 0 bridgehead atoms. The highest BCUT2D eigenvalue weighted by Gasteiger charge is 2.31. The first kappa shape index (κ1) is 62.4. The van der Waals surface area contributed by atoms with Crippen LogP contribution in [-0.4, -0.2) is 64.7 Å². The van der Waals surface area contributed by atoms with Gasteiger partial charge in [0.15, 0.2) is 4.93 Å². The Labute approximate surface area is 410 Å². The molecule has 0 saturated heterocycles. The summed E-state index contributed by atoms with van der Waals surface area (Å²) in [5.41, 5.74) is 0. The van der Waals surface area contributed by atoms with Crippen molar-refractivity contribution in [3.63, 3.8) is 0 Å². The number of rotatable bonds is 43. The molecule has 1 aromatic rings. The van der Waals surface area contributed by atoms with E-state index in [2.05, 4.69) is 73.6 Å². The molecule has 0 saturated carbocycles. The van der Waals surface area contributed by atoms with E-state index in [-0.39, 0.29) is 31.1 Å². The molecule has 14 heteroatoms. The molecule has 1 aromatic heterocycles. The van der Waals surface area contributed by atoms with Gasteiger partial charge in [-0.15, -0.1) is 12.6 Å². The zero-order chi connectivity index (χ0) is 47.0. The number of unbranched alkanes of at least 4 members (excludes halogenated alkanes) is 22. The van der Waals surface area contributed by atoms with Crippen LogP contribution in [0.15, 0.2) is 53.7 Å². The third-order valence-electron chi connectivity index (χ3n) is 10.4. The Balaban J connectivity index is 0.00000182. The molecule has 0 spiro atoms. The number of hydrogen-bond donors (Lipinski definition) is 4. The van der Waals surface area contributed by atoms with Gasteiger partial charge >= 0.3 is 18.3 Å². The summed E-state index contributed by atoms with van der Waals surface area (Å²) < 4.78 is 16.0. The van der Waals surface area contributed by atoms with Gasteiger partial charge < -0.3 is 24.5 Å². The Morgan fingerprint density at radius 1 is 0.703 bits per heavy atom. The van der Waals surface area contributed by atoms with Gasteiger partial charge in [-0.1, -0.05) is 171 Å². The number of hydrogen-bond acceptors (Lipinski definition) is 12. The van der Waals surface area contributed by atoms with Gasteiger partial charge in [-0.2, -0.15) is 12.5 Å². The number of carbonyl (C=O) groups excluding carboxylic acids is 3. The van der Waals surface area contributed by atoms with Crippen LogP contribution in [0.5, 0.6) is 0 Å². The van der Waals surface area contributed by atoms with E-state index in [4.69, 9.17) is 19.2 Å². The number of aromatic nitrogens is 1. The standard InChI is InChI=1S/C41H76O4S.C9H13BN2O3S3/c1-4-7-9-11-13-15-17-19-21-23-25-27-29-31-33-35-39(42)44-38-41(46,37-6-3)45-40(43)36-34-32-30-28-26-24-22-20-18-16-14-12-10-8-5-2;13-8(11-5-6-15-10(14)16)7-17-18-9-3-1-2-4-12-9/h19-22,46H,4-18,23-38H2,1-3H3;1-4,14,16H,5-7H2,(H,11,13)/b21-19-,22-20-;/t41-;/m1./s1. The van der Waals surface area contributed by atoms with Crippen LogP contribution in [0.3, 0.4) is 0 Å². The topological polar surface area (TPSA) is 124 Å². The molecule has 1 atom stereocenters. The van der Waals surface area contributed by atoms with Gasteiger partial charge in [0.2, 0.25) is 5.91 Å². The van der Waals surface area contributed by atoms with Crippen LogP contribution >= 0.6 is 46.7 Å². The summed E-state index contributed by atoms with van der Waals surface area (Å²) in [5, 5.41) is 12.2. The lowest BCUT2D eigenvalue weighted by Crippen LogP contribution is -2.35. The van der Waals surface area contributed by atoms with Crippen LogP contribution in [0.1, 0.15) is 213 Å². The maximum absolute atomic E-state index is 12.5. The van der Waals surface area contributed by atoms with Crippen LogP contribution in [0.2, 0.25) is 0 Å². The molecule has 0 aliphatic rings. The lowest BCUT2D eigenvalue weighted by molar-refractivity contribution is -0.162. The minimum Gasteiger partial charge on any atom is -0.460 e. The Morgan fingerprint density at radius 3 is 1.66 bits per heavy atom. The number of amides is 1. The lowest BCUT2D eigenvalue weighted by atomic mass is 10.1. The maximum atomic E-state index is 12.5. The molecule has 9 nitrogen and oxygen atoms in total. The van der Waals surface area contributed by atoms with Gasteiger partial charge in [0.1, 0.15) is 11.6 Å². The molecule has 1 heterocycles. The number of allylic oxidation sites excluding steroid dienone is 4. The van der Waals surface area contributed by atoms with Gasteiger partial charge in [-0.25, -0.2) is 4.98 Å². The molecule has 2 N–H and O–H groups in total. The van der Waals surface area contributed by atoms with Crippen LogP contribution in [-0.2, 0) is 28.5 Å². The van der Waals surface area contributed by atoms with Gasteiger partial charge in [0.25, 0.3) is 0 Å². The highest BCUT2D eigenvalue weighted by atomic mass is 33.1. The lowest BCUT2D eigenvalue weighted by Gasteiger charge is -2.27. The second-order valence-corrected chi connectivity index (χ2v) is 20.1. The SMILES string of the molecule is CCCCCCCC/C=C\CCCCCCCC(=O)OC[C@](S)(CCC)OC(=O)CCCCCCC/C=C\CCCCCCCC.O=C(CSSc1ccccn1)NCCOB(O)S. The van der Waals surface area contributed by atoms with Crippen LogP contribution < -0.4 is 5.32 Å². The molecular formula is C50H89BN2O7S4. The average Bonchev–Trinajstić information content (AvgIpc) is 3.27. The van der Waals surface area contributed by atoms with E-state index in [0.717, 1.165) is 62.8 Å². The van der Waals surface area contributed by atoms with Crippen molar-refractivity contribution < 1.29 is 33.5 Å². The van der Waals surface area contributed by atoms with Crippen molar-refractivity contribution in [2.24, 2.45) is 0 Å². The molecule has 0 aliphatic heterocycles.